The highest BCUT2D eigenvalue weighted by molar-refractivity contribution is 7.99. The Morgan fingerprint density at radius 2 is 2.03 bits per heavy atom. The lowest BCUT2D eigenvalue weighted by molar-refractivity contribution is -0.113. The molecule has 0 unspecified atom stereocenters. The van der Waals surface area contributed by atoms with Crippen molar-refractivity contribution in [3.63, 3.8) is 0 Å². The van der Waals surface area contributed by atoms with Crippen LogP contribution in [0.1, 0.15) is 17.3 Å². The zero-order valence-corrected chi connectivity index (χ0v) is 16.8. The van der Waals surface area contributed by atoms with Gasteiger partial charge < -0.3 is 5.32 Å². The molecule has 0 bridgehead atoms. The monoisotopic (exact) mass is 425 g/mol. The molecule has 0 aliphatic carbocycles. The largest absolute Gasteiger partial charge is 0.325 e. The zero-order chi connectivity index (χ0) is 20.4. The first-order valence-corrected chi connectivity index (χ1v) is 10.4. The van der Waals surface area contributed by atoms with Gasteiger partial charge in [0.05, 0.1) is 10.6 Å². The van der Waals surface area contributed by atoms with Gasteiger partial charge in [-0.2, -0.15) is 5.10 Å². The van der Waals surface area contributed by atoms with Crippen LogP contribution in [0.15, 0.2) is 57.8 Å². The molecule has 4 aromatic rings. The van der Waals surface area contributed by atoms with E-state index in [0.717, 1.165) is 16.6 Å². The first-order chi connectivity index (χ1) is 14.0. The minimum absolute atomic E-state index is 0.0345. The number of carbonyl (C=O) groups is 2. The number of anilines is 1. The first-order valence-electron chi connectivity index (χ1n) is 8.57. The number of amides is 1. The number of nitrogens with one attached hydrogen (secondary N) is 2. The predicted molar refractivity (Wildman–Crippen MR) is 113 cm³/mol. The molecule has 0 aliphatic heterocycles. The predicted octanol–water partition coefficient (Wildman–Crippen LogP) is 3.08. The lowest BCUT2D eigenvalue weighted by Gasteiger charge is -2.06. The number of benzene rings is 1. The second kappa shape index (κ2) is 8.02. The summed E-state index contributed by atoms with van der Waals surface area (Å²) in [6, 6.07) is 12.2. The Labute approximate surface area is 173 Å². The summed E-state index contributed by atoms with van der Waals surface area (Å²) in [4.78, 5) is 36.6. The van der Waals surface area contributed by atoms with E-state index < -0.39 is 0 Å². The standard InChI is InChI=1S/C19H15N5O3S2/c1-11(25)12-4-6-13(7-5-12)20-17(26)10-29-19-22-21-18(27)15-9-14(23-24(15)19)16-3-2-8-28-16/h2-9H,10H2,1H3,(H,20,26)(H,21,27). The van der Waals surface area contributed by atoms with Crippen LogP contribution in [0.25, 0.3) is 16.1 Å². The highest BCUT2D eigenvalue weighted by Crippen LogP contribution is 2.25. The maximum Gasteiger partial charge on any atom is 0.290 e. The summed E-state index contributed by atoms with van der Waals surface area (Å²) >= 11 is 2.69. The van der Waals surface area contributed by atoms with Gasteiger partial charge in [0.1, 0.15) is 11.2 Å². The number of aromatic nitrogens is 4. The maximum absolute atomic E-state index is 12.3. The van der Waals surface area contributed by atoms with E-state index in [1.165, 1.54) is 22.8 Å². The average Bonchev–Trinajstić information content (AvgIpc) is 3.38. The second-order valence-electron chi connectivity index (χ2n) is 6.11. The Bertz CT molecular complexity index is 1240. The van der Waals surface area contributed by atoms with Crippen LogP contribution in [0.3, 0.4) is 0 Å². The van der Waals surface area contributed by atoms with E-state index in [0.29, 0.717) is 27.6 Å². The number of rotatable bonds is 6. The van der Waals surface area contributed by atoms with Gasteiger partial charge in [0, 0.05) is 11.3 Å². The van der Waals surface area contributed by atoms with Crippen molar-refractivity contribution in [1.29, 1.82) is 0 Å². The number of carbonyl (C=O) groups excluding carboxylic acids is 2. The molecule has 4 rings (SSSR count). The maximum atomic E-state index is 12.3. The minimum atomic E-state index is -0.348. The van der Waals surface area contributed by atoms with E-state index in [4.69, 9.17) is 0 Å². The Kier molecular flexibility index (Phi) is 5.28. The fourth-order valence-electron chi connectivity index (χ4n) is 2.65. The molecule has 0 atom stereocenters. The summed E-state index contributed by atoms with van der Waals surface area (Å²) in [5, 5.41) is 16.0. The quantitative estimate of drug-likeness (QED) is 0.363. The van der Waals surface area contributed by atoms with E-state index in [1.807, 2.05) is 17.5 Å². The normalized spacial score (nSPS) is 10.9. The van der Waals surface area contributed by atoms with Gasteiger partial charge in [0.15, 0.2) is 5.78 Å². The van der Waals surface area contributed by atoms with Gasteiger partial charge in [-0.25, -0.2) is 9.61 Å². The van der Waals surface area contributed by atoms with E-state index in [2.05, 4.69) is 20.6 Å². The van der Waals surface area contributed by atoms with Crippen molar-refractivity contribution in [2.45, 2.75) is 12.1 Å². The molecule has 0 saturated carbocycles. The van der Waals surface area contributed by atoms with Gasteiger partial charge in [0.2, 0.25) is 11.1 Å². The van der Waals surface area contributed by atoms with E-state index >= 15 is 0 Å². The van der Waals surface area contributed by atoms with Gasteiger partial charge in [-0.1, -0.05) is 17.8 Å². The number of aromatic amines is 1. The third-order valence-electron chi connectivity index (χ3n) is 4.06. The number of ketones is 1. The van der Waals surface area contributed by atoms with Gasteiger partial charge in [-0.05, 0) is 48.7 Å². The molecule has 3 heterocycles. The smallest absolute Gasteiger partial charge is 0.290 e. The minimum Gasteiger partial charge on any atom is -0.325 e. The van der Waals surface area contributed by atoms with Crippen molar-refractivity contribution in [2.24, 2.45) is 0 Å². The fraction of sp³-hybridized carbons (Fsp3) is 0.105. The molecular weight excluding hydrogens is 410 g/mol. The van der Waals surface area contributed by atoms with Crippen LogP contribution in [0.4, 0.5) is 5.69 Å². The third-order valence-corrected chi connectivity index (χ3v) is 5.88. The molecule has 0 fully saturated rings. The topological polar surface area (TPSA) is 109 Å². The zero-order valence-electron chi connectivity index (χ0n) is 15.2. The average molecular weight is 425 g/mol. The molecule has 0 radical (unpaired) electrons. The highest BCUT2D eigenvalue weighted by Gasteiger charge is 2.14. The summed E-state index contributed by atoms with van der Waals surface area (Å²) in [6.45, 7) is 1.49. The van der Waals surface area contributed by atoms with Crippen LogP contribution in [0, 0.1) is 0 Å². The molecule has 3 aromatic heterocycles. The molecule has 0 spiro atoms. The molecule has 10 heteroatoms. The van der Waals surface area contributed by atoms with Crippen LogP contribution in [0.2, 0.25) is 0 Å². The fourth-order valence-corrected chi connectivity index (χ4v) is 4.03. The van der Waals surface area contributed by atoms with Crippen LogP contribution in [0.5, 0.6) is 0 Å². The molecular formula is C19H15N5O3S2. The van der Waals surface area contributed by atoms with Crippen LogP contribution >= 0.6 is 23.1 Å². The van der Waals surface area contributed by atoms with Crippen molar-refractivity contribution >= 4 is 46.0 Å². The van der Waals surface area contributed by atoms with E-state index in [-0.39, 0.29) is 23.0 Å². The van der Waals surface area contributed by atoms with Crippen molar-refractivity contribution in [3.05, 3.63) is 63.8 Å². The van der Waals surface area contributed by atoms with Crippen LogP contribution < -0.4 is 10.9 Å². The summed E-state index contributed by atoms with van der Waals surface area (Å²) in [5.41, 5.74) is 1.87. The summed E-state index contributed by atoms with van der Waals surface area (Å²) in [7, 11) is 0. The number of thioether (sulfide) groups is 1. The summed E-state index contributed by atoms with van der Waals surface area (Å²) in [5.74, 6) is -0.193. The number of thiophene rings is 1. The molecule has 146 valence electrons. The summed E-state index contributed by atoms with van der Waals surface area (Å²) in [6.07, 6.45) is 0. The summed E-state index contributed by atoms with van der Waals surface area (Å²) < 4.78 is 1.45. The molecule has 1 aromatic carbocycles. The molecule has 8 nitrogen and oxygen atoms in total. The molecule has 0 aliphatic rings. The first kappa shape index (κ1) is 19.1. The lowest BCUT2D eigenvalue weighted by Crippen LogP contribution is -2.17. The van der Waals surface area contributed by atoms with Crippen molar-refractivity contribution in [1.82, 2.24) is 19.8 Å². The van der Waals surface area contributed by atoms with Gasteiger partial charge in [-0.3, -0.25) is 14.4 Å². The van der Waals surface area contributed by atoms with Crippen molar-refractivity contribution < 1.29 is 9.59 Å². The number of nitrogens with zero attached hydrogens (tertiary/aromatic N) is 3. The van der Waals surface area contributed by atoms with Gasteiger partial charge >= 0.3 is 0 Å². The third kappa shape index (κ3) is 4.13. The van der Waals surface area contributed by atoms with Crippen molar-refractivity contribution in [2.75, 3.05) is 11.1 Å². The Morgan fingerprint density at radius 1 is 1.24 bits per heavy atom. The number of Topliss-reactive ketones (excluding diaryl/α,β-unsaturated/α-hetero) is 1. The molecule has 0 saturated heterocycles. The molecule has 2 N–H and O–H groups in total. The SMILES string of the molecule is CC(=O)c1ccc(NC(=O)CSc2n[nH]c(=O)c3cc(-c4cccs4)nn23)cc1. The number of fused-ring (bicyclic) bond motifs is 1. The highest BCUT2D eigenvalue weighted by atomic mass is 32.2. The second-order valence-corrected chi connectivity index (χ2v) is 8.00. The Balaban J connectivity index is 1.49. The van der Waals surface area contributed by atoms with E-state index in [1.54, 1.807) is 30.3 Å². The van der Waals surface area contributed by atoms with Crippen LogP contribution in [-0.4, -0.2) is 37.3 Å². The Hall–Kier alpha value is -3.24. The van der Waals surface area contributed by atoms with Gasteiger partial charge in [0.25, 0.3) is 5.56 Å². The number of hydrogen-bond acceptors (Lipinski definition) is 7. The molecule has 29 heavy (non-hydrogen) atoms. The van der Waals surface area contributed by atoms with Gasteiger partial charge in [-0.15, -0.1) is 16.4 Å². The van der Waals surface area contributed by atoms with Crippen LogP contribution in [-0.2, 0) is 4.79 Å². The van der Waals surface area contributed by atoms with E-state index in [9.17, 15) is 14.4 Å². The molecule has 1 amide bonds. The number of H-pyrrole nitrogens is 1. The number of hydrogen-bond donors (Lipinski definition) is 2. The van der Waals surface area contributed by atoms with Crippen molar-refractivity contribution in [3.8, 4) is 10.6 Å². The Morgan fingerprint density at radius 3 is 2.72 bits per heavy atom. The lowest BCUT2D eigenvalue weighted by atomic mass is 10.1.